The maximum atomic E-state index is 8.96. The van der Waals surface area contributed by atoms with Crippen LogP contribution in [0.2, 0.25) is 0 Å². The summed E-state index contributed by atoms with van der Waals surface area (Å²) < 4.78 is 0. The average Bonchev–Trinajstić information content (AvgIpc) is 2.19. The molecule has 0 saturated heterocycles. The molecule has 0 aliphatic heterocycles. The maximum Gasteiger partial charge on any atom is 0.0459 e. The van der Waals surface area contributed by atoms with Crippen LogP contribution >= 0.6 is 0 Å². The highest BCUT2D eigenvalue weighted by molar-refractivity contribution is 5.14. The Labute approximate surface area is 81.9 Å². The smallest absolute Gasteiger partial charge is 0.0459 e. The van der Waals surface area contributed by atoms with Crippen LogP contribution in [0.1, 0.15) is 52.4 Å². The number of allylic oxidation sites excluding steroid dienone is 2. The first-order chi connectivity index (χ1) is 6.24. The molecule has 1 rings (SSSR count). The Morgan fingerprint density at radius 3 is 2.46 bits per heavy atom. The average molecular weight is 182 g/mol. The lowest BCUT2D eigenvalue weighted by Crippen LogP contribution is -2.04. The molecule has 0 amide bonds. The molecule has 1 fully saturated rings. The molecule has 1 heteroatoms. The van der Waals surface area contributed by atoms with Crippen molar-refractivity contribution >= 4 is 0 Å². The fourth-order valence-corrected chi connectivity index (χ4v) is 2.14. The van der Waals surface area contributed by atoms with E-state index in [2.05, 4.69) is 13.8 Å². The van der Waals surface area contributed by atoms with E-state index in [4.69, 9.17) is 5.11 Å². The van der Waals surface area contributed by atoms with E-state index in [0.29, 0.717) is 12.5 Å². The predicted molar refractivity (Wildman–Crippen MR) is 56.7 cm³/mol. The summed E-state index contributed by atoms with van der Waals surface area (Å²) in [5.41, 5.74) is 3.22. The van der Waals surface area contributed by atoms with E-state index >= 15 is 0 Å². The van der Waals surface area contributed by atoms with Gasteiger partial charge < -0.3 is 5.11 Å². The van der Waals surface area contributed by atoms with Crippen molar-refractivity contribution in [2.24, 2.45) is 5.92 Å². The SMILES string of the molecule is CC(CC(C)CO)=C1CCCCC1. The van der Waals surface area contributed by atoms with Crippen LogP contribution in [0.3, 0.4) is 0 Å². The molecule has 1 atom stereocenters. The topological polar surface area (TPSA) is 20.2 Å². The molecule has 1 saturated carbocycles. The van der Waals surface area contributed by atoms with Crippen molar-refractivity contribution in [1.82, 2.24) is 0 Å². The van der Waals surface area contributed by atoms with Crippen molar-refractivity contribution in [3.8, 4) is 0 Å². The van der Waals surface area contributed by atoms with Crippen LogP contribution in [0.25, 0.3) is 0 Å². The van der Waals surface area contributed by atoms with Crippen LogP contribution in [0.4, 0.5) is 0 Å². The van der Waals surface area contributed by atoms with Crippen molar-refractivity contribution < 1.29 is 5.11 Å². The molecular weight excluding hydrogens is 160 g/mol. The quantitative estimate of drug-likeness (QED) is 0.664. The summed E-state index contributed by atoms with van der Waals surface area (Å²) in [6.45, 7) is 4.68. The summed E-state index contributed by atoms with van der Waals surface area (Å²) in [6.07, 6.45) is 7.87. The van der Waals surface area contributed by atoms with Gasteiger partial charge in [-0.2, -0.15) is 0 Å². The van der Waals surface area contributed by atoms with E-state index in [1.54, 1.807) is 11.1 Å². The molecule has 0 heterocycles. The standard InChI is InChI=1S/C12H22O/c1-10(9-13)8-11(2)12-6-4-3-5-7-12/h10,13H,3-9H2,1-2H3. The Kier molecular flexibility index (Phi) is 4.51. The van der Waals surface area contributed by atoms with Crippen molar-refractivity contribution in [2.45, 2.75) is 52.4 Å². The lowest BCUT2D eigenvalue weighted by Gasteiger charge is -2.18. The highest BCUT2D eigenvalue weighted by Gasteiger charge is 2.10. The largest absolute Gasteiger partial charge is 0.396 e. The predicted octanol–water partition coefficient (Wildman–Crippen LogP) is 3.29. The first-order valence-electron chi connectivity index (χ1n) is 5.52. The third-order valence-electron chi connectivity index (χ3n) is 3.03. The van der Waals surface area contributed by atoms with Gasteiger partial charge in [-0.1, -0.05) is 24.5 Å². The van der Waals surface area contributed by atoms with Gasteiger partial charge in [-0.25, -0.2) is 0 Å². The highest BCUT2D eigenvalue weighted by atomic mass is 16.3. The van der Waals surface area contributed by atoms with E-state index < -0.39 is 0 Å². The summed E-state index contributed by atoms with van der Waals surface area (Å²) in [4.78, 5) is 0. The van der Waals surface area contributed by atoms with Gasteiger partial charge >= 0.3 is 0 Å². The van der Waals surface area contributed by atoms with Crippen LogP contribution in [-0.2, 0) is 0 Å². The highest BCUT2D eigenvalue weighted by Crippen LogP contribution is 2.28. The summed E-state index contributed by atoms with van der Waals surface area (Å²) in [7, 11) is 0. The second-order valence-corrected chi connectivity index (χ2v) is 4.44. The zero-order valence-corrected chi connectivity index (χ0v) is 8.97. The molecule has 0 aromatic rings. The molecular formula is C12H22O. The Hall–Kier alpha value is -0.300. The lowest BCUT2D eigenvalue weighted by molar-refractivity contribution is 0.236. The Bertz CT molecular complexity index is 174. The monoisotopic (exact) mass is 182 g/mol. The molecule has 13 heavy (non-hydrogen) atoms. The van der Waals surface area contributed by atoms with E-state index in [9.17, 15) is 0 Å². The Balaban J connectivity index is 2.46. The van der Waals surface area contributed by atoms with Crippen molar-refractivity contribution in [1.29, 1.82) is 0 Å². The van der Waals surface area contributed by atoms with Gasteiger partial charge in [0, 0.05) is 6.61 Å². The molecule has 0 spiro atoms. The van der Waals surface area contributed by atoms with Crippen LogP contribution in [0, 0.1) is 5.92 Å². The van der Waals surface area contributed by atoms with Crippen molar-refractivity contribution in [2.75, 3.05) is 6.61 Å². The minimum Gasteiger partial charge on any atom is -0.396 e. The number of hydrogen-bond donors (Lipinski definition) is 1. The first-order valence-corrected chi connectivity index (χ1v) is 5.52. The molecule has 1 unspecified atom stereocenters. The number of rotatable bonds is 3. The summed E-state index contributed by atoms with van der Waals surface area (Å²) in [5.74, 6) is 0.439. The van der Waals surface area contributed by atoms with E-state index in [-0.39, 0.29) is 0 Å². The van der Waals surface area contributed by atoms with Gasteiger partial charge in [-0.05, 0) is 44.9 Å². The molecule has 76 valence electrons. The van der Waals surface area contributed by atoms with Gasteiger partial charge in [0.25, 0.3) is 0 Å². The molecule has 1 N–H and O–H groups in total. The zero-order chi connectivity index (χ0) is 9.68. The van der Waals surface area contributed by atoms with Crippen LogP contribution in [-0.4, -0.2) is 11.7 Å². The molecule has 0 aromatic heterocycles. The van der Waals surface area contributed by atoms with Gasteiger partial charge in [-0.15, -0.1) is 0 Å². The molecule has 1 aliphatic carbocycles. The fourth-order valence-electron chi connectivity index (χ4n) is 2.14. The van der Waals surface area contributed by atoms with Gasteiger partial charge in [0.2, 0.25) is 0 Å². The van der Waals surface area contributed by atoms with E-state index in [1.807, 2.05) is 0 Å². The van der Waals surface area contributed by atoms with E-state index in [1.165, 1.54) is 32.1 Å². The second kappa shape index (κ2) is 5.43. The third kappa shape index (κ3) is 3.51. The second-order valence-electron chi connectivity index (χ2n) is 4.44. The molecule has 0 aromatic carbocycles. The Morgan fingerprint density at radius 1 is 1.31 bits per heavy atom. The summed E-state index contributed by atoms with van der Waals surface area (Å²) in [6, 6.07) is 0. The minimum absolute atomic E-state index is 0.324. The fraction of sp³-hybridized carbons (Fsp3) is 0.833. The van der Waals surface area contributed by atoms with E-state index in [0.717, 1.165) is 6.42 Å². The molecule has 1 nitrogen and oxygen atoms in total. The zero-order valence-electron chi connectivity index (χ0n) is 8.97. The summed E-state index contributed by atoms with van der Waals surface area (Å²) >= 11 is 0. The molecule has 1 aliphatic rings. The Morgan fingerprint density at radius 2 is 1.92 bits per heavy atom. The minimum atomic E-state index is 0.324. The van der Waals surface area contributed by atoms with Gasteiger partial charge in [0.15, 0.2) is 0 Å². The van der Waals surface area contributed by atoms with Gasteiger partial charge in [-0.3, -0.25) is 0 Å². The first kappa shape index (κ1) is 10.8. The number of aliphatic hydroxyl groups excluding tert-OH is 1. The molecule has 0 radical (unpaired) electrons. The maximum absolute atomic E-state index is 8.96. The van der Waals surface area contributed by atoms with Crippen molar-refractivity contribution in [3.63, 3.8) is 0 Å². The van der Waals surface area contributed by atoms with Crippen LogP contribution in [0.5, 0.6) is 0 Å². The third-order valence-corrected chi connectivity index (χ3v) is 3.03. The van der Waals surface area contributed by atoms with Gasteiger partial charge in [0.1, 0.15) is 0 Å². The normalized spacial score (nSPS) is 20.1. The summed E-state index contributed by atoms with van der Waals surface area (Å²) in [5, 5.41) is 8.96. The molecule has 0 bridgehead atoms. The number of aliphatic hydroxyl groups is 1. The van der Waals surface area contributed by atoms with Crippen molar-refractivity contribution in [3.05, 3.63) is 11.1 Å². The number of hydrogen-bond acceptors (Lipinski definition) is 1. The van der Waals surface area contributed by atoms with Gasteiger partial charge in [0.05, 0.1) is 0 Å². The lowest BCUT2D eigenvalue weighted by atomic mass is 9.88. The van der Waals surface area contributed by atoms with Crippen LogP contribution < -0.4 is 0 Å². The van der Waals surface area contributed by atoms with Crippen LogP contribution in [0.15, 0.2) is 11.1 Å².